The highest BCUT2D eigenvalue weighted by molar-refractivity contribution is 5.83. The second-order valence-electron chi connectivity index (χ2n) is 9.67. The Hall–Kier alpha value is -2.30. The van der Waals surface area contributed by atoms with Crippen LogP contribution in [0.25, 0.3) is 0 Å². The topological polar surface area (TPSA) is 115 Å². The molecule has 9 nitrogen and oxygen atoms in total. The van der Waals surface area contributed by atoms with Crippen LogP contribution >= 0.6 is 0 Å². The number of aliphatic hydroxyl groups is 1. The Morgan fingerprint density at radius 1 is 1.12 bits per heavy atom. The molecule has 6 rings (SSSR count). The van der Waals surface area contributed by atoms with Gasteiger partial charge in [-0.25, -0.2) is 14.1 Å². The quantitative estimate of drug-likeness (QED) is 0.416. The first-order valence-corrected chi connectivity index (χ1v) is 11.9. The third kappa shape index (κ3) is 4.50. The van der Waals surface area contributed by atoms with Crippen molar-refractivity contribution in [1.29, 1.82) is 0 Å². The fourth-order valence-electron chi connectivity index (χ4n) is 5.86. The number of furan rings is 1. The summed E-state index contributed by atoms with van der Waals surface area (Å²) in [6, 6.07) is 6.58. The molecular weight excluding hydrogens is 504 g/mol. The van der Waals surface area contributed by atoms with Crippen LogP contribution in [0.2, 0.25) is 0 Å². The predicted octanol–water partition coefficient (Wildman–Crippen LogP) is 0.226. The molecule has 10 heteroatoms. The van der Waals surface area contributed by atoms with E-state index in [9.17, 15) is 14.7 Å². The lowest BCUT2D eigenvalue weighted by Crippen LogP contribution is -3.00. The van der Waals surface area contributed by atoms with Gasteiger partial charge in [-0.3, -0.25) is 5.32 Å². The SMILES string of the molecule is O=C(O[C@H]1C[N+]2(C(=O)Nc3cccnn3)CCC1CC2)C(O)(c1ccco1)C1CCCCC1.[Br-]. The highest BCUT2D eigenvalue weighted by Crippen LogP contribution is 2.42. The van der Waals surface area contributed by atoms with Crippen molar-refractivity contribution in [2.24, 2.45) is 11.8 Å². The molecule has 2 N–H and O–H groups in total. The van der Waals surface area contributed by atoms with Gasteiger partial charge in [-0.2, -0.15) is 5.10 Å². The minimum Gasteiger partial charge on any atom is -1.00 e. The molecule has 1 unspecified atom stereocenters. The molecule has 184 valence electrons. The second kappa shape index (κ2) is 10.1. The number of hydrogen-bond donors (Lipinski definition) is 2. The van der Waals surface area contributed by atoms with Gasteiger partial charge < -0.3 is 31.2 Å². The number of quaternary nitrogens is 1. The zero-order valence-corrected chi connectivity index (χ0v) is 20.7. The number of carbonyl (C=O) groups excluding carboxylic acids is 2. The Bertz CT molecular complexity index is 975. The van der Waals surface area contributed by atoms with Gasteiger partial charge in [0, 0.05) is 30.9 Å². The van der Waals surface area contributed by atoms with Crippen LogP contribution in [-0.2, 0) is 15.1 Å². The largest absolute Gasteiger partial charge is 1.00 e. The summed E-state index contributed by atoms with van der Waals surface area (Å²) in [5, 5.41) is 22.3. The number of piperidine rings is 3. The number of nitrogens with one attached hydrogen (secondary N) is 1. The zero-order valence-electron chi connectivity index (χ0n) is 19.1. The summed E-state index contributed by atoms with van der Waals surface area (Å²) in [7, 11) is 0. The fraction of sp³-hybridized carbons (Fsp3) is 0.583. The number of esters is 1. The van der Waals surface area contributed by atoms with Crippen LogP contribution < -0.4 is 22.3 Å². The molecule has 0 spiro atoms. The lowest BCUT2D eigenvalue weighted by atomic mass is 9.75. The molecule has 34 heavy (non-hydrogen) atoms. The Kier molecular flexibility index (Phi) is 7.39. The molecule has 2 bridgehead atoms. The van der Waals surface area contributed by atoms with E-state index in [1.54, 1.807) is 30.5 Å². The molecule has 2 aromatic rings. The van der Waals surface area contributed by atoms with Gasteiger partial charge in [0.05, 0.1) is 19.4 Å². The molecule has 2 aromatic heterocycles. The van der Waals surface area contributed by atoms with E-state index in [1.165, 1.54) is 6.26 Å². The van der Waals surface area contributed by atoms with E-state index in [4.69, 9.17) is 9.15 Å². The average molecular weight is 535 g/mol. The van der Waals surface area contributed by atoms with Crippen molar-refractivity contribution in [3.8, 4) is 0 Å². The summed E-state index contributed by atoms with van der Waals surface area (Å²) in [5.74, 6) is -0.0687. The molecule has 5 heterocycles. The van der Waals surface area contributed by atoms with E-state index in [-0.39, 0.29) is 45.1 Å². The van der Waals surface area contributed by atoms with Crippen molar-refractivity contribution in [2.45, 2.75) is 56.7 Å². The number of anilines is 1. The predicted molar refractivity (Wildman–Crippen MR) is 118 cm³/mol. The average Bonchev–Trinajstić information content (AvgIpc) is 3.41. The smallest absolute Gasteiger partial charge is 0.422 e. The number of fused-ring (bicyclic) bond motifs is 3. The highest BCUT2D eigenvalue weighted by atomic mass is 79.9. The van der Waals surface area contributed by atoms with Crippen molar-refractivity contribution in [2.75, 3.05) is 25.0 Å². The van der Waals surface area contributed by atoms with Crippen molar-refractivity contribution in [3.05, 3.63) is 42.5 Å². The number of rotatable bonds is 5. The first-order valence-electron chi connectivity index (χ1n) is 11.9. The standard InChI is InChI=1S/C24H30N4O5.BrH/c29-22(24(31,20-8-5-15-32-20)18-6-2-1-3-7-18)33-19-16-28(13-10-17(19)11-14-28)23(30)26-21-9-4-12-25-27-21;/h4-5,8-9,12,15,17-19,31H,1-3,6-7,10-11,13-14,16H2;1H/t17?,19-,24?,28?;/m0./s1. The van der Waals surface area contributed by atoms with E-state index in [2.05, 4.69) is 15.5 Å². The number of halogens is 1. The van der Waals surface area contributed by atoms with E-state index in [1.807, 2.05) is 0 Å². The Morgan fingerprint density at radius 3 is 2.53 bits per heavy atom. The lowest BCUT2D eigenvalue weighted by Gasteiger charge is -2.49. The summed E-state index contributed by atoms with van der Waals surface area (Å²) < 4.78 is 11.7. The normalized spacial score (nSPS) is 28.4. The molecule has 0 radical (unpaired) electrons. The van der Waals surface area contributed by atoms with E-state index in [0.29, 0.717) is 25.5 Å². The van der Waals surface area contributed by atoms with Crippen LogP contribution in [0.4, 0.5) is 10.6 Å². The third-order valence-corrected chi connectivity index (χ3v) is 7.81. The van der Waals surface area contributed by atoms with Crippen molar-refractivity contribution < 1.29 is 45.3 Å². The van der Waals surface area contributed by atoms with Gasteiger partial charge in [-0.15, -0.1) is 5.10 Å². The van der Waals surface area contributed by atoms with Crippen LogP contribution in [0.15, 0.2) is 41.1 Å². The van der Waals surface area contributed by atoms with Gasteiger partial charge in [0.25, 0.3) is 0 Å². The molecule has 1 aliphatic carbocycles. The Labute approximate surface area is 209 Å². The number of urea groups is 1. The number of amides is 2. The molecule has 2 atom stereocenters. The Balaban J connectivity index is 0.00000274. The van der Waals surface area contributed by atoms with Crippen molar-refractivity contribution in [3.63, 3.8) is 0 Å². The van der Waals surface area contributed by atoms with Gasteiger partial charge in [0.2, 0.25) is 5.60 Å². The number of aromatic nitrogens is 2. The highest BCUT2D eigenvalue weighted by Gasteiger charge is 2.55. The number of carbonyl (C=O) groups is 2. The third-order valence-electron chi connectivity index (χ3n) is 7.81. The molecule has 2 amide bonds. The lowest BCUT2D eigenvalue weighted by molar-refractivity contribution is -0.869. The zero-order chi connectivity index (χ0) is 22.9. The van der Waals surface area contributed by atoms with Gasteiger partial charge in [-0.1, -0.05) is 19.3 Å². The molecule has 1 saturated carbocycles. The maximum Gasteiger partial charge on any atom is 0.422 e. The van der Waals surface area contributed by atoms with Gasteiger partial charge in [0.1, 0.15) is 12.3 Å². The first kappa shape index (κ1) is 24.8. The summed E-state index contributed by atoms with van der Waals surface area (Å²) in [5.41, 5.74) is -1.80. The van der Waals surface area contributed by atoms with Crippen LogP contribution in [0, 0.1) is 11.8 Å². The van der Waals surface area contributed by atoms with E-state index < -0.39 is 17.7 Å². The summed E-state index contributed by atoms with van der Waals surface area (Å²) in [6.07, 6.45) is 8.71. The summed E-state index contributed by atoms with van der Waals surface area (Å²) in [6.45, 7) is 1.77. The van der Waals surface area contributed by atoms with Gasteiger partial charge in [0.15, 0.2) is 11.9 Å². The monoisotopic (exact) mass is 534 g/mol. The molecular formula is C24H31BrN4O5. The van der Waals surface area contributed by atoms with E-state index >= 15 is 0 Å². The number of hydrogen-bond acceptors (Lipinski definition) is 7. The van der Waals surface area contributed by atoms with Crippen molar-refractivity contribution in [1.82, 2.24) is 10.2 Å². The molecule has 3 saturated heterocycles. The summed E-state index contributed by atoms with van der Waals surface area (Å²) >= 11 is 0. The van der Waals surface area contributed by atoms with Crippen LogP contribution in [0.3, 0.4) is 0 Å². The minimum absolute atomic E-state index is 0. The summed E-state index contributed by atoms with van der Waals surface area (Å²) in [4.78, 5) is 26.7. The fourth-order valence-corrected chi connectivity index (χ4v) is 5.86. The van der Waals surface area contributed by atoms with Gasteiger partial charge >= 0.3 is 12.0 Å². The van der Waals surface area contributed by atoms with Crippen molar-refractivity contribution >= 4 is 17.8 Å². The Morgan fingerprint density at radius 2 is 1.88 bits per heavy atom. The van der Waals surface area contributed by atoms with Gasteiger partial charge in [-0.05, 0) is 37.1 Å². The second-order valence-corrected chi connectivity index (χ2v) is 9.67. The van der Waals surface area contributed by atoms with E-state index in [0.717, 1.165) is 44.9 Å². The number of nitrogens with zero attached hydrogens (tertiary/aromatic N) is 3. The maximum absolute atomic E-state index is 13.5. The number of ether oxygens (including phenoxy) is 1. The van der Waals surface area contributed by atoms with Crippen LogP contribution in [-0.4, -0.2) is 57.5 Å². The minimum atomic E-state index is -1.80. The molecule has 4 aliphatic rings. The maximum atomic E-state index is 13.5. The van der Waals surface area contributed by atoms with Crippen LogP contribution in [0.1, 0.15) is 50.7 Å². The first-order chi connectivity index (χ1) is 16.0. The van der Waals surface area contributed by atoms with Crippen LogP contribution in [0.5, 0.6) is 0 Å². The molecule has 3 aliphatic heterocycles. The molecule has 4 fully saturated rings. The molecule has 0 aromatic carbocycles.